The number of nitrogens with one attached hydrogen (secondary N) is 1. The number of nitrogens with zero attached hydrogens (tertiary/aromatic N) is 2. The Bertz CT molecular complexity index is 676. The molecular formula is C15H14F3N3. The van der Waals surface area contributed by atoms with E-state index in [4.69, 9.17) is 5.26 Å². The number of rotatable bonds is 3. The first-order valence-electron chi connectivity index (χ1n) is 6.29. The summed E-state index contributed by atoms with van der Waals surface area (Å²) in [5.41, 5.74) is 2.37. The number of hydrogen-bond acceptors (Lipinski definition) is 2. The van der Waals surface area contributed by atoms with Crippen molar-refractivity contribution in [3.8, 4) is 6.07 Å². The van der Waals surface area contributed by atoms with Gasteiger partial charge in [0.05, 0.1) is 5.56 Å². The van der Waals surface area contributed by atoms with Gasteiger partial charge in [-0.05, 0) is 42.8 Å². The fourth-order valence-corrected chi connectivity index (χ4v) is 2.02. The first kappa shape index (κ1) is 15.0. The molecule has 2 aromatic rings. The lowest BCUT2D eigenvalue weighted by Gasteiger charge is -2.09. The molecule has 1 aromatic carbocycles. The molecule has 110 valence electrons. The quantitative estimate of drug-likeness (QED) is 0.934. The lowest BCUT2D eigenvalue weighted by Crippen LogP contribution is -2.05. The number of hydrogen-bond donors (Lipinski definition) is 1. The van der Waals surface area contributed by atoms with Gasteiger partial charge in [-0.2, -0.15) is 18.4 Å². The predicted octanol–water partition coefficient (Wildman–Crippen LogP) is 3.84. The van der Waals surface area contributed by atoms with Crippen molar-refractivity contribution in [3.05, 3.63) is 52.8 Å². The molecule has 0 aliphatic rings. The second kappa shape index (κ2) is 5.52. The second-order valence-electron chi connectivity index (χ2n) is 4.74. The van der Waals surface area contributed by atoms with E-state index in [9.17, 15) is 13.2 Å². The summed E-state index contributed by atoms with van der Waals surface area (Å²) in [5.74, 6) is 0. The van der Waals surface area contributed by atoms with Crippen LogP contribution in [-0.4, -0.2) is 4.57 Å². The molecular weight excluding hydrogens is 279 g/mol. The van der Waals surface area contributed by atoms with Gasteiger partial charge in [-0.25, -0.2) is 0 Å². The van der Waals surface area contributed by atoms with Gasteiger partial charge < -0.3 is 9.88 Å². The molecule has 0 bridgehead atoms. The minimum absolute atomic E-state index is 0.451. The average Bonchev–Trinajstić information content (AvgIpc) is 2.72. The van der Waals surface area contributed by atoms with Crippen LogP contribution < -0.4 is 5.32 Å². The molecule has 0 fully saturated rings. The van der Waals surface area contributed by atoms with Gasteiger partial charge in [0.15, 0.2) is 0 Å². The molecule has 1 heterocycles. The van der Waals surface area contributed by atoms with E-state index in [0.717, 1.165) is 23.4 Å². The zero-order valence-corrected chi connectivity index (χ0v) is 11.6. The van der Waals surface area contributed by atoms with Crippen LogP contribution in [0.2, 0.25) is 0 Å². The summed E-state index contributed by atoms with van der Waals surface area (Å²) in [7, 11) is 1.80. The fraction of sp³-hybridized carbons (Fsp3) is 0.267. The molecule has 6 heteroatoms. The third-order valence-electron chi connectivity index (χ3n) is 3.45. The van der Waals surface area contributed by atoms with E-state index in [1.54, 1.807) is 17.7 Å². The van der Waals surface area contributed by atoms with Crippen LogP contribution in [0.4, 0.5) is 18.9 Å². The maximum atomic E-state index is 12.5. The van der Waals surface area contributed by atoms with Gasteiger partial charge in [-0.15, -0.1) is 0 Å². The lowest BCUT2D eigenvalue weighted by atomic mass is 10.2. The molecule has 0 saturated carbocycles. The Morgan fingerprint density at radius 2 is 1.86 bits per heavy atom. The van der Waals surface area contributed by atoms with Crippen molar-refractivity contribution in [2.75, 3.05) is 5.32 Å². The van der Waals surface area contributed by atoms with Crippen molar-refractivity contribution in [2.24, 2.45) is 7.05 Å². The van der Waals surface area contributed by atoms with Crippen molar-refractivity contribution in [1.82, 2.24) is 4.57 Å². The molecule has 0 aliphatic carbocycles. The molecule has 1 aromatic heterocycles. The minimum Gasteiger partial charge on any atom is -0.381 e. The summed E-state index contributed by atoms with van der Waals surface area (Å²) in [5, 5.41) is 12.0. The normalized spacial score (nSPS) is 11.2. The molecule has 21 heavy (non-hydrogen) atoms. The monoisotopic (exact) mass is 293 g/mol. The van der Waals surface area contributed by atoms with E-state index < -0.39 is 11.7 Å². The zero-order valence-electron chi connectivity index (χ0n) is 11.6. The molecule has 0 unspecified atom stereocenters. The Hall–Kier alpha value is -2.42. The summed E-state index contributed by atoms with van der Waals surface area (Å²) < 4.78 is 39.1. The summed E-state index contributed by atoms with van der Waals surface area (Å²) in [4.78, 5) is 0. The van der Waals surface area contributed by atoms with Crippen LogP contribution in [0.25, 0.3) is 0 Å². The standard InChI is InChI=1S/C15H14F3N3/c1-10-11(7-14(8-19)21(10)2)9-20-13-5-3-12(4-6-13)15(16,17)18/h3-7,20H,9H2,1-2H3. The van der Waals surface area contributed by atoms with Gasteiger partial charge in [-0.3, -0.25) is 0 Å². The van der Waals surface area contributed by atoms with Crippen LogP contribution in [0, 0.1) is 18.3 Å². The highest BCUT2D eigenvalue weighted by Gasteiger charge is 2.29. The maximum absolute atomic E-state index is 12.5. The Balaban J connectivity index is 2.09. The molecule has 0 amide bonds. The van der Waals surface area contributed by atoms with Crippen molar-refractivity contribution in [3.63, 3.8) is 0 Å². The maximum Gasteiger partial charge on any atom is 0.416 e. The first-order valence-corrected chi connectivity index (χ1v) is 6.29. The highest BCUT2D eigenvalue weighted by atomic mass is 19.4. The molecule has 0 saturated heterocycles. The molecule has 0 atom stereocenters. The average molecular weight is 293 g/mol. The van der Waals surface area contributed by atoms with Crippen LogP contribution in [0.5, 0.6) is 0 Å². The van der Waals surface area contributed by atoms with Crippen LogP contribution in [-0.2, 0) is 19.8 Å². The zero-order chi connectivity index (χ0) is 15.6. The van der Waals surface area contributed by atoms with E-state index >= 15 is 0 Å². The largest absolute Gasteiger partial charge is 0.416 e. The number of alkyl halides is 3. The smallest absolute Gasteiger partial charge is 0.381 e. The van der Waals surface area contributed by atoms with Gasteiger partial charge in [0.2, 0.25) is 0 Å². The minimum atomic E-state index is -4.32. The van der Waals surface area contributed by atoms with Crippen LogP contribution in [0.1, 0.15) is 22.5 Å². The first-order chi connectivity index (χ1) is 9.82. The van der Waals surface area contributed by atoms with E-state index in [-0.39, 0.29) is 0 Å². The van der Waals surface area contributed by atoms with E-state index in [0.29, 0.717) is 17.9 Å². The van der Waals surface area contributed by atoms with Crippen LogP contribution in [0.15, 0.2) is 30.3 Å². The lowest BCUT2D eigenvalue weighted by molar-refractivity contribution is -0.137. The Morgan fingerprint density at radius 3 is 2.33 bits per heavy atom. The van der Waals surface area contributed by atoms with E-state index in [2.05, 4.69) is 11.4 Å². The van der Waals surface area contributed by atoms with Crippen molar-refractivity contribution >= 4 is 5.69 Å². The molecule has 1 N–H and O–H groups in total. The second-order valence-corrected chi connectivity index (χ2v) is 4.74. The topological polar surface area (TPSA) is 40.8 Å². The van der Waals surface area contributed by atoms with Gasteiger partial charge in [0.25, 0.3) is 0 Å². The predicted molar refractivity (Wildman–Crippen MR) is 73.6 cm³/mol. The van der Waals surface area contributed by atoms with Crippen molar-refractivity contribution < 1.29 is 13.2 Å². The summed E-state index contributed by atoms with van der Waals surface area (Å²) in [6, 6.07) is 8.73. The van der Waals surface area contributed by atoms with Gasteiger partial charge in [-0.1, -0.05) is 0 Å². The van der Waals surface area contributed by atoms with Crippen LogP contribution in [0.3, 0.4) is 0 Å². The Kier molecular flexibility index (Phi) is 3.94. The van der Waals surface area contributed by atoms with E-state index in [1.165, 1.54) is 12.1 Å². The molecule has 0 radical (unpaired) electrons. The number of benzene rings is 1. The highest BCUT2D eigenvalue weighted by molar-refractivity contribution is 5.46. The molecule has 2 rings (SSSR count). The van der Waals surface area contributed by atoms with Gasteiger partial charge >= 0.3 is 6.18 Å². The number of nitriles is 1. The molecule has 3 nitrogen and oxygen atoms in total. The SMILES string of the molecule is Cc1c(CNc2ccc(C(F)(F)F)cc2)cc(C#N)n1C. The van der Waals surface area contributed by atoms with Crippen molar-refractivity contribution in [2.45, 2.75) is 19.6 Å². The van der Waals surface area contributed by atoms with E-state index in [1.807, 2.05) is 6.92 Å². The van der Waals surface area contributed by atoms with Crippen molar-refractivity contribution in [1.29, 1.82) is 5.26 Å². The summed E-state index contributed by atoms with van der Waals surface area (Å²) >= 11 is 0. The Labute approximate surface area is 120 Å². The third-order valence-corrected chi connectivity index (χ3v) is 3.45. The van der Waals surface area contributed by atoms with Gasteiger partial charge in [0, 0.05) is 25.0 Å². The number of aromatic nitrogens is 1. The van der Waals surface area contributed by atoms with Gasteiger partial charge in [0.1, 0.15) is 11.8 Å². The Morgan fingerprint density at radius 1 is 1.24 bits per heavy atom. The molecule has 0 aliphatic heterocycles. The van der Waals surface area contributed by atoms with Crippen LogP contribution >= 0.6 is 0 Å². The summed E-state index contributed by atoms with van der Waals surface area (Å²) in [6.07, 6.45) is -4.32. The highest BCUT2D eigenvalue weighted by Crippen LogP contribution is 2.29. The number of anilines is 1. The molecule has 0 spiro atoms. The number of halogens is 3. The fourth-order valence-electron chi connectivity index (χ4n) is 2.02. The third kappa shape index (κ3) is 3.19. The summed E-state index contributed by atoms with van der Waals surface area (Å²) in [6.45, 7) is 2.34.